The second kappa shape index (κ2) is 2.35. The van der Waals surface area contributed by atoms with Crippen molar-refractivity contribution in [2.75, 3.05) is 5.75 Å². The SMILES string of the molecule is O=S1CCC2=COC3C=CC=CC231. The van der Waals surface area contributed by atoms with E-state index < -0.39 is 10.8 Å². The Morgan fingerprint density at radius 3 is 3.38 bits per heavy atom. The van der Waals surface area contributed by atoms with Gasteiger partial charge in [-0.1, -0.05) is 18.2 Å². The molecule has 0 radical (unpaired) electrons. The van der Waals surface area contributed by atoms with Gasteiger partial charge in [-0.25, -0.2) is 0 Å². The normalized spacial score (nSPS) is 45.4. The van der Waals surface area contributed by atoms with Crippen LogP contribution in [0.25, 0.3) is 0 Å². The summed E-state index contributed by atoms with van der Waals surface area (Å²) < 4.78 is 17.1. The average Bonchev–Trinajstić information content (AvgIpc) is 2.65. The third kappa shape index (κ3) is 0.759. The zero-order chi connectivity index (χ0) is 8.89. The first kappa shape index (κ1) is 7.56. The summed E-state index contributed by atoms with van der Waals surface area (Å²) in [5.41, 5.74) is 1.21. The second-order valence-corrected chi connectivity index (χ2v) is 5.31. The summed E-state index contributed by atoms with van der Waals surface area (Å²) in [6, 6.07) is 0. The molecule has 2 nitrogen and oxygen atoms in total. The van der Waals surface area contributed by atoms with E-state index in [1.165, 1.54) is 5.57 Å². The van der Waals surface area contributed by atoms with Gasteiger partial charge < -0.3 is 4.74 Å². The van der Waals surface area contributed by atoms with Crippen molar-refractivity contribution in [2.24, 2.45) is 0 Å². The average molecular weight is 194 g/mol. The highest BCUT2D eigenvalue weighted by molar-refractivity contribution is 7.87. The molecule has 1 spiro atoms. The molecule has 0 saturated carbocycles. The molecule has 2 heterocycles. The third-order valence-corrected chi connectivity index (χ3v) is 4.91. The van der Waals surface area contributed by atoms with Crippen LogP contribution < -0.4 is 0 Å². The Morgan fingerprint density at radius 1 is 1.54 bits per heavy atom. The van der Waals surface area contributed by atoms with E-state index in [0.29, 0.717) is 0 Å². The highest BCUT2D eigenvalue weighted by Crippen LogP contribution is 2.45. The molecule has 1 aliphatic carbocycles. The maximum absolute atomic E-state index is 11.9. The smallest absolute Gasteiger partial charge is 0.141 e. The maximum Gasteiger partial charge on any atom is 0.141 e. The van der Waals surface area contributed by atoms with Gasteiger partial charge in [0, 0.05) is 16.6 Å². The van der Waals surface area contributed by atoms with Gasteiger partial charge in [-0.2, -0.15) is 0 Å². The summed E-state index contributed by atoms with van der Waals surface area (Å²) in [6.07, 6.45) is 10.7. The number of ether oxygens (including phenoxy) is 1. The minimum absolute atomic E-state index is 0.0177. The Labute approximate surface area is 79.4 Å². The Morgan fingerprint density at radius 2 is 2.46 bits per heavy atom. The molecule has 68 valence electrons. The highest BCUT2D eigenvalue weighted by atomic mass is 32.2. The van der Waals surface area contributed by atoms with Crippen molar-refractivity contribution < 1.29 is 8.95 Å². The molecule has 3 atom stereocenters. The lowest BCUT2D eigenvalue weighted by atomic mass is 9.90. The summed E-state index contributed by atoms with van der Waals surface area (Å²) in [6.45, 7) is 0. The van der Waals surface area contributed by atoms with Crippen LogP contribution in [0, 0.1) is 0 Å². The lowest BCUT2D eigenvalue weighted by Gasteiger charge is -2.27. The Balaban J connectivity index is 2.18. The van der Waals surface area contributed by atoms with Gasteiger partial charge in [-0.05, 0) is 18.1 Å². The number of rotatable bonds is 0. The molecule has 0 aromatic heterocycles. The van der Waals surface area contributed by atoms with E-state index in [1.807, 2.05) is 24.3 Å². The lowest BCUT2D eigenvalue weighted by molar-refractivity contribution is 0.200. The summed E-state index contributed by atoms with van der Waals surface area (Å²) in [5.74, 6) is 0.782. The fraction of sp³-hybridized carbons (Fsp3) is 0.400. The molecule has 3 aliphatic rings. The molecular formula is C10H10O2S. The zero-order valence-electron chi connectivity index (χ0n) is 7.10. The molecule has 2 aliphatic heterocycles. The largest absolute Gasteiger partial charge is 0.492 e. The fourth-order valence-electron chi connectivity index (χ4n) is 2.26. The summed E-state index contributed by atoms with van der Waals surface area (Å²) in [5, 5.41) is 0. The van der Waals surface area contributed by atoms with Crippen molar-refractivity contribution in [1.29, 1.82) is 0 Å². The molecule has 0 amide bonds. The van der Waals surface area contributed by atoms with Gasteiger partial charge in [0.05, 0.1) is 6.26 Å². The molecule has 0 aromatic rings. The van der Waals surface area contributed by atoms with Crippen molar-refractivity contribution in [3.05, 3.63) is 36.1 Å². The van der Waals surface area contributed by atoms with Crippen LogP contribution in [-0.4, -0.2) is 20.8 Å². The first-order chi connectivity index (χ1) is 6.34. The topological polar surface area (TPSA) is 26.3 Å². The molecule has 0 N–H and O–H groups in total. The molecule has 13 heavy (non-hydrogen) atoms. The molecule has 1 saturated heterocycles. The van der Waals surface area contributed by atoms with E-state index in [4.69, 9.17) is 4.74 Å². The Bertz CT molecular complexity index is 367. The molecule has 3 rings (SSSR count). The molecule has 0 bridgehead atoms. The van der Waals surface area contributed by atoms with Gasteiger partial charge >= 0.3 is 0 Å². The minimum Gasteiger partial charge on any atom is -0.492 e. The number of hydrogen-bond donors (Lipinski definition) is 0. The van der Waals surface area contributed by atoms with E-state index in [0.717, 1.165) is 12.2 Å². The lowest BCUT2D eigenvalue weighted by Crippen LogP contribution is -2.40. The van der Waals surface area contributed by atoms with Gasteiger partial charge in [-0.3, -0.25) is 4.21 Å². The van der Waals surface area contributed by atoms with Crippen molar-refractivity contribution in [3.8, 4) is 0 Å². The van der Waals surface area contributed by atoms with Crippen molar-refractivity contribution >= 4 is 10.8 Å². The van der Waals surface area contributed by atoms with Crippen LogP contribution in [-0.2, 0) is 15.5 Å². The van der Waals surface area contributed by atoms with Crippen LogP contribution in [0.1, 0.15) is 6.42 Å². The quantitative estimate of drug-likeness (QED) is 0.580. The predicted molar refractivity (Wildman–Crippen MR) is 51.6 cm³/mol. The molecule has 3 unspecified atom stereocenters. The summed E-state index contributed by atoms with van der Waals surface area (Å²) in [7, 11) is -0.797. The third-order valence-electron chi connectivity index (χ3n) is 2.96. The van der Waals surface area contributed by atoms with Gasteiger partial charge in [-0.15, -0.1) is 0 Å². The Hall–Kier alpha value is -0.830. The van der Waals surface area contributed by atoms with Crippen LogP contribution in [0.3, 0.4) is 0 Å². The van der Waals surface area contributed by atoms with Gasteiger partial charge in [0.15, 0.2) is 0 Å². The van der Waals surface area contributed by atoms with Crippen LogP contribution >= 0.6 is 0 Å². The first-order valence-corrected chi connectivity index (χ1v) is 5.75. The fourth-order valence-corrected chi connectivity index (χ4v) is 4.07. The first-order valence-electron chi connectivity index (χ1n) is 4.43. The van der Waals surface area contributed by atoms with E-state index in [9.17, 15) is 4.21 Å². The standard InChI is InChI=1S/C10H10O2S/c11-13-6-4-8-7-12-9-3-1-2-5-10(8,9)13/h1-3,5,7,9H,4,6H2. The van der Waals surface area contributed by atoms with Crippen LogP contribution in [0.15, 0.2) is 36.1 Å². The van der Waals surface area contributed by atoms with E-state index in [-0.39, 0.29) is 10.9 Å². The van der Waals surface area contributed by atoms with E-state index in [2.05, 4.69) is 0 Å². The summed E-state index contributed by atoms with van der Waals surface area (Å²) in [4.78, 5) is 0. The van der Waals surface area contributed by atoms with Crippen LogP contribution in [0.5, 0.6) is 0 Å². The molecule has 0 aromatic carbocycles. The zero-order valence-corrected chi connectivity index (χ0v) is 7.92. The minimum atomic E-state index is -0.797. The van der Waals surface area contributed by atoms with Crippen LogP contribution in [0.4, 0.5) is 0 Å². The summed E-state index contributed by atoms with van der Waals surface area (Å²) >= 11 is 0. The van der Waals surface area contributed by atoms with E-state index in [1.54, 1.807) is 6.26 Å². The van der Waals surface area contributed by atoms with Crippen molar-refractivity contribution in [2.45, 2.75) is 17.3 Å². The van der Waals surface area contributed by atoms with Crippen LogP contribution in [0.2, 0.25) is 0 Å². The molecule has 3 heteroatoms. The predicted octanol–water partition coefficient (Wildman–Crippen LogP) is 1.29. The monoisotopic (exact) mass is 194 g/mol. The van der Waals surface area contributed by atoms with Gasteiger partial charge in [0.25, 0.3) is 0 Å². The molecule has 1 fully saturated rings. The number of hydrogen-bond acceptors (Lipinski definition) is 2. The highest BCUT2D eigenvalue weighted by Gasteiger charge is 2.53. The van der Waals surface area contributed by atoms with Gasteiger partial charge in [0.2, 0.25) is 0 Å². The Kier molecular flexibility index (Phi) is 1.37. The number of allylic oxidation sites excluding steroid dienone is 2. The second-order valence-electron chi connectivity index (χ2n) is 3.54. The maximum atomic E-state index is 11.9. The van der Waals surface area contributed by atoms with Crippen molar-refractivity contribution in [1.82, 2.24) is 0 Å². The van der Waals surface area contributed by atoms with Gasteiger partial charge in [0.1, 0.15) is 10.9 Å². The molecular weight excluding hydrogens is 184 g/mol. The van der Waals surface area contributed by atoms with E-state index >= 15 is 0 Å². The van der Waals surface area contributed by atoms with Crippen molar-refractivity contribution in [3.63, 3.8) is 0 Å².